The molecule has 0 amide bonds. The predicted molar refractivity (Wildman–Crippen MR) is 28.6 cm³/mol. The van der Waals surface area contributed by atoms with Crippen molar-refractivity contribution in [3.05, 3.63) is 0 Å². The molecule has 0 aromatic carbocycles. The molecule has 8 heavy (non-hydrogen) atoms. The van der Waals surface area contributed by atoms with E-state index in [4.69, 9.17) is 5.26 Å². The van der Waals surface area contributed by atoms with E-state index in [2.05, 4.69) is 4.18 Å². The molecule has 4 nitrogen and oxygen atoms in total. The number of hydrogen-bond acceptors (Lipinski definition) is 4. The number of thiol groups is 1. The monoisotopic (exact) mass is 137 g/mol. The van der Waals surface area contributed by atoms with Gasteiger partial charge < -0.3 is 0 Å². The van der Waals surface area contributed by atoms with Crippen LogP contribution in [-0.4, -0.2) is 15.5 Å². The van der Waals surface area contributed by atoms with E-state index in [1.807, 2.05) is 0 Å². The van der Waals surface area contributed by atoms with Crippen LogP contribution in [0.4, 0.5) is 0 Å². The lowest BCUT2D eigenvalue weighted by molar-refractivity contribution is 0.418. The summed E-state index contributed by atoms with van der Waals surface area (Å²) in [5.74, 6) is 0. The molecule has 0 radical (unpaired) electrons. The zero-order valence-electron chi connectivity index (χ0n) is 4.62. The van der Waals surface area contributed by atoms with Gasteiger partial charge in [0.1, 0.15) is 0 Å². The molecule has 0 bridgehead atoms. The van der Waals surface area contributed by atoms with E-state index in [0.29, 0.717) is 0 Å². The van der Waals surface area contributed by atoms with Gasteiger partial charge in [-0.1, -0.05) is 0 Å². The molecule has 0 spiro atoms. The highest BCUT2D eigenvalue weighted by Gasteiger charge is 1.61. The Hall–Kier alpha value is -0.600. The second kappa shape index (κ2) is 9.64. The molecule has 0 aromatic rings. The molecular weight excluding hydrogens is 130 g/mol. The summed E-state index contributed by atoms with van der Waals surface area (Å²) < 4.78 is 22.1. The van der Waals surface area contributed by atoms with E-state index in [1.165, 1.54) is 6.92 Å². The zero-order valence-corrected chi connectivity index (χ0v) is 5.51. The van der Waals surface area contributed by atoms with Crippen LogP contribution in [0.1, 0.15) is 6.92 Å². The lowest BCUT2D eigenvalue weighted by Gasteiger charge is -1.66. The quantitative estimate of drug-likeness (QED) is 0.503. The lowest BCUT2D eigenvalue weighted by atomic mass is 11.0. The molecule has 0 aliphatic carbocycles. The van der Waals surface area contributed by atoms with Crippen molar-refractivity contribution < 1.29 is 12.6 Å². The Morgan fingerprint density at radius 2 is 1.75 bits per heavy atom. The summed E-state index contributed by atoms with van der Waals surface area (Å²) in [4.78, 5) is 0. The number of hydrogen-bond donors (Lipinski definition) is 1. The molecule has 5 heteroatoms. The van der Waals surface area contributed by atoms with Crippen LogP contribution in [0.15, 0.2) is 0 Å². The SMILES string of the molecule is CC#N.CO[SH](=O)=O. The maximum Gasteiger partial charge on any atom is 0.256 e. The van der Waals surface area contributed by atoms with Crippen LogP contribution >= 0.6 is 0 Å². The largest absolute Gasteiger partial charge is 0.276 e. The third-order valence-electron chi connectivity index (χ3n) is 0.149. The summed E-state index contributed by atoms with van der Waals surface area (Å²) in [5, 5.41) is 7.32. The summed E-state index contributed by atoms with van der Waals surface area (Å²) in [7, 11) is -1.50. The van der Waals surface area contributed by atoms with Crippen molar-refractivity contribution >= 4 is 11.0 Å². The maximum absolute atomic E-state index is 9.18. The van der Waals surface area contributed by atoms with Crippen molar-refractivity contribution in [1.29, 1.82) is 5.26 Å². The topological polar surface area (TPSA) is 67.2 Å². The van der Waals surface area contributed by atoms with E-state index in [0.717, 1.165) is 7.11 Å². The van der Waals surface area contributed by atoms with Crippen molar-refractivity contribution in [1.82, 2.24) is 0 Å². The summed E-state index contributed by atoms with van der Waals surface area (Å²) in [6.45, 7) is 1.43. The zero-order chi connectivity index (χ0) is 6.99. The van der Waals surface area contributed by atoms with Crippen LogP contribution in [0, 0.1) is 11.3 Å². The van der Waals surface area contributed by atoms with Gasteiger partial charge in [0.25, 0.3) is 11.0 Å². The van der Waals surface area contributed by atoms with Crippen LogP contribution in [-0.2, 0) is 15.2 Å². The Kier molecular flexibility index (Phi) is 12.5. The normalized spacial score (nSPS) is 6.75. The van der Waals surface area contributed by atoms with E-state index in [9.17, 15) is 8.42 Å². The van der Waals surface area contributed by atoms with Gasteiger partial charge in [-0.25, -0.2) is 8.42 Å². The molecule has 0 saturated carbocycles. The van der Waals surface area contributed by atoms with Gasteiger partial charge in [-0.2, -0.15) is 5.26 Å². The molecule has 0 N–H and O–H groups in total. The van der Waals surface area contributed by atoms with E-state index >= 15 is 0 Å². The van der Waals surface area contributed by atoms with Gasteiger partial charge in [-0.05, 0) is 0 Å². The molecule has 0 aliphatic heterocycles. The third kappa shape index (κ3) is 53.3. The predicted octanol–water partition coefficient (Wildman–Crippen LogP) is -0.311. The van der Waals surface area contributed by atoms with Crippen molar-refractivity contribution in [2.75, 3.05) is 7.11 Å². The van der Waals surface area contributed by atoms with Crippen molar-refractivity contribution in [2.45, 2.75) is 6.92 Å². The molecule has 0 aromatic heterocycles. The first-order valence-corrected chi connectivity index (χ1v) is 2.78. The molecule has 0 aliphatic rings. The highest BCUT2D eigenvalue weighted by molar-refractivity contribution is 7.67. The second-order valence-electron chi connectivity index (χ2n) is 0.630. The Balaban J connectivity index is 0. The molecule has 0 heterocycles. The number of nitrogens with zero attached hydrogens (tertiary/aromatic N) is 1. The fourth-order valence-electron chi connectivity index (χ4n) is 0. The molecule has 0 saturated heterocycles. The van der Waals surface area contributed by atoms with Gasteiger partial charge in [0.05, 0.1) is 13.2 Å². The van der Waals surface area contributed by atoms with Crippen molar-refractivity contribution in [3.63, 3.8) is 0 Å². The van der Waals surface area contributed by atoms with Crippen LogP contribution in [0.5, 0.6) is 0 Å². The van der Waals surface area contributed by atoms with Crippen LogP contribution < -0.4 is 0 Å². The summed E-state index contributed by atoms with van der Waals surface area (Å²) >= 11 is 0. The highest BCUT2D eigenvalue weighted by Crippen LogP contribution is 1.52. The summed E-state index contributed by atoms with van der Waals surface area (Å²) in [5.41, 5.74) is 0. The average molecular weight is 137 g/mol. The van der Waals surface area contributed by atoms with Crippen LogP contribution in [0.2, 0.25) is 0 Å². The number of nitriles is 1. The van der Waals surface area contributed by atoms with Gasteiger partial charge >= 0.3 is 0 Å². The standard InChI is InChI=1S/C2H3N.CH4O3S/c1-2-3;1-4-5(2)3/h1H3;5H,1H3. The van der Waals surface area contributed by atoms with E-state index in [1.54, 1.807) is 6.07 Å². The maximum atomic E-state index is 9.18. The van der Waals surface area contributed by atoms with Gasteiger partial charge in [0.2, 0.25) is 0 Å². The average Bonchev–Trinajstić information content (AvgIpc) is 1.69. The number of rotatable bonds is 1. The minimum atomic E-state index is -2.60. The molecule has 0 rings (SSSR count). The molecule has 0 unspecified atom stereocenters. The minimum Gasteiger partial charge on any atom is -0.276 e. The van der Waals surface area contributed by atoms with Gasteiger partial charge in [0, 0.05) is 6.92 Å². The Morgan fingerprint density at radius 3 is 1.75 bits per heavy atom. The fraction of sp³-hybridized carbons (Fsp3) is 0.667. The van der Waals surface area contributed by atoms with Crippen LogP contribution in [0.3, 0.4) is 0 Å². The van der Waals surface area contributed by atoms with Crippen LogP contribution in [0.25, 0.3) is 0 Å². The minimum absolute atomic E-state index is 1.10. The van der Waals surface area contributed by atoms with Crippen molar-refractivity contribution in [3.8, 4) is 6.07 Å². The van der Waals surface area contributed by atoms with E-state index < -0.39 is 11.0 Å². The highest BCUT2D eigenvalue weighted by atomic mass is 32.2. The Bertz CT molecular complexity index is 126. The van der Waals surface area contributed by atoms with Gasteiger partial charge in [-0.15, -0.1) is 0 Å². The first-order valence-electron chi connectivity index (χ1n) is 1.68. The molecular formula is C3H7NO3S. The third-order valence-corrected chi connectivity index (χ3v) is 0.447. The van der Waals surface area contributed by atoms with Crippen molar-refractivity contribution in [2.24, 2.45) is 0 Å². The molecule has 0 fully saturated rings. The molecule has 48 valence electrons. The molecule has 0 atom stereocenters. The smallest absolute Gasteiger partial charge is 0.256 e. The fourth-order valence-corrected chi connectivity index (χ4v) is 0. The first kappa shape index (κ1) is 10.4. The summed E-state index contributed by atoms with van der Waals surface area (Å²) in [6, 6.07) is 1.75. The Morgan fingerprint density at radius 1 is 1.62 bits per heavy atom. The second-order valence-corrected chi connectivity index (χ2v) is 1.44. The van der Waals surface area contributed by atoms with Gasteiger partial charge in [-0.3, -0.25) is 4.18 Å². The van der Waals surface area contributed by atoms with E-state index in [-0.39, 0.29) is 0 Å². The summed E-state index contributed by atoms with van der Waals surface area (Å²) in [6.07, 6.45) is 0. The first-order chi connectivity index (χ1) is 3.68. The van der Waals surface area contributed by atoms with Gasteiger partial charge in [0.15, 0.2) is 0 Å². The lowest BCUT2D eigenvalue weighted by Crippen LogP contribution is -1.72. The Labute approximate surface area is 49.8 Å².